The van der Waals surface area contributed by atoms with E-state index in [1.165, 1.54) is 31.2 Å². The Morgan fingerprint density at radius 3 is 1.56 bits per heavy atom. The first-order valence-corrected chi connectivity index (χ1v) is 8.21. The Bertz CT molecular complexity index is 765. The van der Waals surface area contributed by atoms with Gasteiger partial charge >= 0.3 is 0 Å². The summed E-state index contributed by atoms with van der Waals surface area (Å²) in [7, 11) is 1.55. The van der Waals surface area contributed by atoms with Crippen molar-refractivity contribution in [3.63, 3.8) is 0 Å². The van der Waals surface area contributed by atoms with Gasteiger partial charge in [0, 0.05) is 0 Å². The Morgan fingerprint density at radius 2 is 1.15 bits per heavy atom. The average Bonchev–Trinajstić information content (AvgIpc) is 2.68. The Balaban J connectivity index is 1.78. The zero-order chi connectivity index (χ0) is 19.8. The molecule has 2 aromatic carbocycles. The van der Waals surface area contributed by atoms with Gasteiger partial charge in [-0.15, -0.1) is 0 Å². The summed E-state index contributed by atoms with van der Waals surface area (Å²) in [6, 6.07) is 12.0. The lowest BCUT2D eigenvalue weighted by molar-refractivity contribution is -0.135. The Hall–Kier alpha value is -3.29. The molecule has 2 rings (SSSR count). The third-order valence-corrected chi connectivity index (χ3v) is 3.55. The summed E-state index contributed by atoms with van der Waals surface area (Å²) in [6.07, 6.45) is -1.74. The molecule has 0 radical (unpaired) electrons. The van der Waals surface area contributed by atoms with Crippen LogP contribution in [0.3, 0.4) is 0 Å². The van der Waals surface area contributed by atoms with Crippen LogP contribution in [0.2, 0.25) is 0 Å². The number of carbonyl (C=O) groups excluding carboxylic acids is 2. The topological polar surface area (TPSA) is 85.9 Å². The van der Waals surface area contributed by atoms with Gasteiger partial charge in [0.25, 0.3) is 11.8 Å². The van der Waals surface area contributed by atoms with E-state index in [9.17, 15) is 14.0 Å². The number of ether oxygens (including phenoxy) is 3. The zero-order valence-electron chi connectivity index (χ0n) is 15.2. The van der Waals surface area contributed by atoms with Crippen molar-refractivity contribution in [3.05, 3.63) is 54.3 Å². The van der Waals surface area contributed by atoms with Gasteiger partial charge in [0.1, 0.15) is 23.1 Å². The first-order chi connectivity index (χ1) is 12.9. The molecule has 2 aromatic rings. The molecular formula is C19H21FN2O5. The number of hydrogen-bond donors (Lipinski definition) is 2. The summed E-state index contributed by atoms with van der Waals surface area (Å²) >= 11 is 0. The number of hydrazine groups is 1. The van der Waals surface area contributed by atoms with Crippen molar-refractivity contribution in [2.75, 3.05) is 7.11 Å². The van der Waals surface area contributed by atoms with Crippen LogP contribution in [0.5, 0.6) is 17.2 Å². The van der Waals surface area contributed by atoms with Crippen LogP contribution in [0.1, 0.15) is 13.8 Å². The predicted octanol–water partition coefficient (Wildman–Crippen LogP) is 2.22. The van der Waals surface area contributed by atoms with E-state index in [0.717, 1.165) is 0 Å². The molecule has 144 valence electrons. The number of methoxy groups -OCH3 is 1. The number of nitrogens with one attached hydrogen (secondary N) is 2. The van der Waals surface area contributed by atoms with Crippen molar-refractivity contribution in [1.29, 1.82) is 0 Å². The Labute approximate surface area is 156 Å². The Morgan fingerprint density at radius 1 is 0.778 bits per heavy atom. The van der Waals surface area contributed by atoms with E-state index >= 15 is 0 Å². The molecule has 7 nitrogen and oxygen atoms in total. The molecule has 0 spiro atoms. The van der Waals surface area contributed by atoms with Gasteiger partial charge in [0.15, 0.2) is 12.2 Å². The van der Waals surface area contributed by atoms with Gasteiger partial charge in [-0.3, -0.25) is 20.4 Å². The molecule has 0 aromatic heterocycles. The van der Waals surface area contributed by atoms with Crippen LogP contribution >= 0.6 is 0 Å². The van der Waals surface area contributed by atoms with Crippen LogP contribution in [0, 0.1) is 5.82 Å². The highest BCUT2D eigenvalue weighted by Crippen LogP contribution is 2.18. The fourth-order valence-corrected chi connectivity index (χ4v) is 2.01. The van der Waals surface area contributed by atoms with Crippen molar-refractivity contribution in [1.82, 2.24) is 10.9 Å². The molecule has 8 heteroatoms. The number of hydrogen-bond acceptors (Lipinski definition) is 5. The van der Waals surface area contributed by atoms with Crippen molar-refractivity contribution in [3.8, 4) is 17.2 Å². The third-order valence-electron chi connectivity index (χ3n) is 3.55. The minimum Gasteiger partial charge on any atom is -0.497 e. The number of benzene rings is 2. The van der Waals surface area contributed by atoms with Crippen molar-refractivity contribution >= 4 is 11.8 Å². The quantitative estimate of drug-likeness (QED) is 0.724. The minimum absolute atomic E-state index is 0.335. The first kappa shape index (κ1) is 20.0. The van der Waals surface area contributed by atoms with Gasteiger partial charge in [-0.1, -0.05) is 0 Å². The standard InChI is InChI=1S/C19H21FN2O5/c1-12(26-16-6-4-14(20)5-7-16)18(23)21-22-19(24)13(2)27-17-10-8-15(25-3)9-11-17/h4-13H,1-3H3,(H,21,23)(H,22,24)/t12-,13-/m0/s1. The number of halogens is 1. The lowest BCUT2D eigenvalue weighted by Crippen LogP contribution is -2.50. The SMILES string of the molecule is COc1ccc(O[C@@H](C)C(=O)NNC(=O)[C@H](C)Oc2ccc(F)cc2)cc1. The molecule has 2 atom stereocenters. The maximum atomic E-state index is 12.9. The van der Waals surface area contributed by atoms with Crippen LogP contribution in [-0.2, 0) is 9.59 Å². The molecule has 0 aliphatic rings. The second kappa shape index (κ2) is 9.42. The first-order valence-electron chi connectivity index (χ1n) is 8.21. The highest BCUT2D eigenvalue weighted by molar-refractivity contribution is 5.86. The zero-order valence-corrected chi connectivity index (χ0v) is 15.2. The van der Waals surface area contributed by atoms with Gasteiger partial charge < -0.3 is 14.2 Å². The molecule has 0 heterocycles. The smallest absolute Gasteiger partial charge is 0.279 e. The predicted molar refractivity (Wildman–Crippen MR) is 95.9 cm³/mol. The second-order valence-corrected chi connectivity index (χ2v) is 5.63. The van der Waals surface area contributed by atoms with E-state index in [0.29, 0.717) is 17.2 Å². The summed E-state index contributed by atoms with van der Waals surface area (Å²) < 4.78 is 28.8. The molecule has 2 amide bonds. The second-order valence-electron chi connectivity index (χ2n) is 5.63. The normalized spacial score (nSPS) is 12.4. The van der Waals surface area contributed by atoms with E-state index in [-0.39, 0.29) is 0 Å². The fraction of sp³-hybridized carbons (Fsp3) is 0.263. The van der Waals surface area contributed by atoms with E-state index in [2.05, 4.69) is 10.9 Å². The van der Waals surface area contributed by atoms with Gasteiger partial charge in [-0.25, -0.2) is 4.39 Å². The lowest BCUT2D eigenvalue weighted by Gasteiger charge is -2.17. The van der Waals surface area contributed by atoms with Gasteiger partial charge in [-0.2, -0.15) is 0 Å². The summed E-state index contributed by atoms with van der Waals surface area (Å²) in [4.78, 5) is 24.0. The van der Waals surface area contributed by atoms with Gasteiger partial charge in [0.2, 0.25) is 0 Å². The molecule has 2 N–H and O–H groups in total. The van der Waals surface area contributed by atoms with E-state index < -0.39 is 29.8 Å². The van der Waals surface area contributed by atoms with Crippen LogP contribution < -0.4 is 25.1 Å². The Kier molecular flexibility index (Phi) is 6.99. The summed E-state index contributed by atoms with van der Waals surface area (Å²) in [5.74, 6) is -0.0173. The van der Waals surface area contributed by atoms with Crippen molar-refractivity contribution in [2.24, 2.45) is 0 Å². The van der Waals surface area contributed by atoms with Crippen LogP contribution in [0.15, 0.2) is 48.5 Å². The summed E-state index contributed by atoms with van der Waals surface area (Å²) in [5.41, 5.74) is 4.53. The highest BCUT2D eigenvalue weighted by atomic mass is 19.1. The summed E-state index contributed by atoms with van der Waals surface area (Å²) in [5, 5.41) is 0. The third kappa shape index (κ3) is 6.18. The number of rotatable bonds is 7. The number of amides is 2. The molecule has 0 aliphatic heterocycles. The largest absolute Gasteiger partial charge is 0.497 e. The van der Waals surface area contributed by atoms with E-state index in [1.807, 2.05) is 0 Å². The fourth-order valence-electron chi connectivity index (χ4n) is 2.01. The highest BCUT2D eigenvalue weighted by Gasteiger charge is 2.19. The maximum absolute atomic E-state index is 12.9. The molecule has 0 saturated carbocycles. The van der Waals surface area contributed by atoms with Gasteiger partial charge in [0.05, 0.1) is 7.11 Å². The minimum atomic E-state index is -0.895. The van der Waals surface area contributed by atoms with Crippen LogP contribution in [0.25, 0.3) is 0 Å². The number of carbonyl (C=O) groups is 2. The molecule has 0 aliphatic carbocycles. The molecule has 0 bridgehead atoms. The monoisotopic (exact) mass is 376 g/mol. The van der Waals surface area contributed by atoms with Crippen LogP contribution in [0.4, 0.5) is 4.39 Å². The molecule has 27 heavy (non-hydrogen) atoms. The van der Waals surface area contributed by atoms with Crippen LogP contribution in [-0.4, -0.2) is 31.1 Å². The van der Waals surface area contributed by atoms with Gasteiger partial charge in [-0.05, 0) is 62.4 Å². The molecule has 0 fully saturated rings. The van der Waals surface area contributed by atoms with E-state index in [1.54, 1.807) is 38.3 Å². The van der Waals surface area contributed by atoms with Crippen molar-refractivity contribution in [2.45, 2.75) is 26.1 Å². The van der Waals surface area contributed by atoms with E-state index in [4.69, 9.17) is 14.2 Å². The average molecular weight is 376 g/mol. The molecular weight excluding hydrogens is 355 g/mol. The maximum Gasteiger partial charge on any atom is 0.279 e. The lowest BCUT2D eigenvalue weighted by atomic mass is 10.3. The molecule has 0 saturated heterocycles. The molecule has 0 unspecified atom stereocenters. The van der Waals surface area contributed by atoms with Crippen molar-refractivity contribution < 1.29 is 28.2 Å². The summed E-state index contributed by atoms with van der Waals surface area (Å²) in [6.45, 7) is 3.05.